The van der Waals surface area contributed by atoms with E-state index in [2.05, 4.69) is 21.2 Å². The van der Waals surface area contributed by atoms with E-state index in [-0.39, 0.29) is 35.7 Å². The molecule has 210 valence electrons. The maximum absolute atomic E-state index is 14.6. The summed E-state index contributed by atoms with van der Waals surface area (Å²) in [5, 5.41) is 3.24. The zero-order valence-electron chi connectivity index (χ0n) is 21.4. The van der Waals surface area contributed by atoms with E-state index in [0.717, 1.165) is 32.9 Å². The van der Waals surface area contributed by atoms with E-state index in [9.17, 15) is 31.9 Å². The lowest BCUT2D eigenvalue weighted by molar-refractivity contribution is -0.143. The number of alkyl halides is 3. The van der Waals surface area contributed by atoms with Gasteiger partial charge in [0.2, 0.25) is 0 Å². The second-order valence-corrected chi connectivity index (χ2v) is 9.57. The lowest BCUT2D eigenvalue weighted by Crippen LogP contribution is -2.44. The highest BCUT2D eigenvalue weighted by Crippen LogP contribution is 2.33. The van der Waals surface area contributed by atoms with Crippen LogP contribution in [0.2, 0.25) is 0 Å². The summed E-state index contributed by atoms with van der Waals surface area (Å²) in [6.45, 7) is 2.85. The van der Waals surface area contributed by atoms with E-state index in [4.69, 9.17) is 4.74 Å². The SMILES string of the molecule is CCOC(=O)CCCN[C@@H](Cn1c(=O)c(Br)c(C)n(Cc2c(F)cccc2C(F)(F)F)c1=O)c1ccccc1. The Hall–Kier alpha value is -3.25. The Morgan fingerprint density at radius 3 is 2.41 bits per heavy atom. The predicted octanol–water partition coefficient (Wildman–Crippen LogP) is 4.96. The fourth-order valence-electron chi connectivity index (χ4n) is 4.16. The van der Waals surface area contributed by atoms with Crippen LogP contribution in [0.1, 0.15) is 48.2 Å². The van der Waals surface area contributed by atoms with Crippen molar-refractivity contribution in [1.82, 2.24) is 14.5 Å². The molecule has 1 atom stereocenters. The first-order valence-electron chi connectivity index (χ1n) is 12.2. The number of ether oxygens (including phenoxy) is 1. The highest BCUT2D eigenvalue weighted by atomic mass is 79.9. The van der Waals surface area contributed by atoms with Crippen LogP contribution in [0, 0.1) is 12.7 Å². The summed E-state index contributed by atoms with van der Waals surface area (Å²) in [5.41, 5.74) is -2.65. The molecule has 0 spiro atoms. The molecule has 0 amide bonds. The molecule has 39 heavy (non-hydrogen) atoms. The molecular weight excluding hydrogens is 586 g/mol. The minimum absolute atomic E-state index is 0.0267. The molecule has 2 aromatic carbocycles. The number of benzene rings is 2. The van der Waals surface area contributed by atoms with Crippen molar-refractivity contribution in [3.63, 3.8) is 0 Å². The first-order chi connectivity index (χ1) is 18.5. The molecule has 0 aliphatic rings. The summed E-state index contributed by atoms with van der Waals surface area (Å²) in [6, 6.07) is 11.0. The summed E-state index contributed by atoms with van der Waals surface area (Å²) in [6.07, 6.45) is -4.23. The van der Waals surface area contributed by atoms with Gasteiger partial charge in [0.05, 0.1) is 31.3 Å². The summed E-state index contributed by atoms with van der Waals surface area (Å²) in [7, 11) is 0. The van der Waals surface area contributed by atoms with Gasteiger partial charge in [0, 0.05) is 17.7 Å². The molecular formula is C27H28BrF4N3O4. The van der Waals surface area contributed by atoms with Gasteiger partial charge in [0.1, 0.15) is 10.3 Å². The summed E-state index contributed by atoms with van der Waals surface area (Å²) >= 11 is 3.16. The Morgan fingerprint density at radius 2 is 1.77 bits per heavy atom. The van der Waals surface area contributed by atoms with Crippen LogP contribution in [-0.4, -0.2) is 28.3 Å². The van der Waals surface area contributed by atoms with Crippen molar-refractivity contribution in [1.29, 1.82) is 0 Å². The van der Waals surface area contributed by atoms with Gasteiger partial charge in [-0.2, -0.15) is 13.2 Å². The van der Waals surface area contributed by atoms with E-state index < -0.39 is 47.0 Å². The van der Waals surface area contributed by atoms with E-state index in [1.54, 1.807) is 37.3 Å². The minimum atomic E-state index is -4.84. The van der Waals surface area contributed by atoms with Crippen molar-refractivity contribution in [3.8, 4) is 0 Å². The molecule has 0 bridgehead atoms. The van der Waals surface area contributed by atoms with E-state index in [0.29, 0.717) is 13.0 Å². The van der Waals surface area contributed by atoms with E-state index >= 15 is 0 Å². The minimum Gasteiger partial charge on any atom is -0.466 e. The molecule has 0 unspecified atom stereocenters. The van der Waals surface area contributed by atoms with E-state index in [1.807, 2.05) is 0 Å². The number of carbonyl (C=O) groups is 1. The second-order valence-electron chi connectivity index (χ2n) is 8.77. The average Bonchev–Trinajstić information content (AvgIpc) is 2.90. The van der Waals surface area contributed by atoms with Crippen LogP contribution < -0.4 is 16.6 Å². The highest BCUT2D eigenvalue weighted by molar-refractivity contribution is 9.10. The molecule has 0 radical (unpaired) electrons. The van der Waals surface area contributed by atoms with Gasteiger partial charge in [-0.05, 0) is 60.4 Å². The summed E-state index contributed by atoms with van der Waals surface area (Å²) in [4.78, 5) is 38.3. The fraction of sp³-hybridized carbons (Fsp3) is 0.370. The van der Waals surface area contributed by atoms with Crippen LogP contribution in [0.25, 0.3) is 0 Å². The van der Waals surface area contributed by atoms with Gasteiger partial charge in [-0.15, -0.1) is 0 Å². The van der Waals surface area contributed by atoms with Gasteiger partial charge in [-0.3, -0.25) is 18.7 Å². The van der Waals surface area contributed by atoms with Crippen molar-refractivity contribution in [2.24, 2.45) is 0 Å². The lowest BCUT2D eigenvalue weighted by Gasteiger charge is -2.22. The zero-order valence-corrected chi connectivity index (χ0v) is 22.9. The van der Waals surface area contributed by atoms with Crippen LogP contribution in [0.4, 0.5) is 17.6 Å². The van der Waals surface area contributed by atoms with Crippen molar-refractivity contribution in [2.45, 2.75) is 52.0 Å². The highest BCUT2D eigenvalue weighted by Gasteiger charge is 2.35. The predicted molar refractivity (Wildman–Crippen MR) is 141 cm³/mol. The smallest absolute Gasteiger partial charge is 0.416 e. The van der Waals surface area contributed by atoms with Crippen LogP contribution in [-0.2, 0) is 28.8 Å². The van der Waals surface area contributed by atoms with Gasteiger partial charge >= 0.3 is 17.8 Å². The van der Waals surface area contributed by atoms with Crippen LogP contribution in [0.3, 0.4) is 0 Å². The molecule has 1 N–H and O–H groups in total. The topological polar surface area (TPSA) is 82.3 Å². The van der Waals surface area contributed by atoms with E-state index in [1.165, 1.54) is 6.92 Å². The molecule has 12 heteroatoms. The fourth-order valence-corrected chi connectivity index (χ4v) is 4.58. The van der Waals surface area contributed by atoms with Crippen molar-refractivity contribution in [2.75, 3.05) is 13.2 Å². The van der Waals surface area contributed by atoms with Gasteiger partial charge in [0.25, 0.3) is 5.56 Å². The van der Waals surface area contributed by atoms with Gasteiger partial charge in [0.15, 0.2) is 0 Å². The molecule has 3 rings (SSSR count). The third-order valence-corrected chi connectivity index (χ3v) is 7.09. The van der Waals surface area contributed by atoms with Crippen LogP contribution in [0.5, 0.6) is 0 Å². The third-order valence-electron chi connectivity index (χ3n) is 6.18. The number of esters is 1. The molecule has 0 aliphatic heterocycles. The van der Waals surface area contributed by atoms with Crippen molar-refractivity contribution < 1.29 is 27.1 Å². The molecule has 0 aliphatic carbocycles. The Kier molecular flexibility index (Phi) is 10.3. The first-order valence-corrected chi connectivity index (χ1v) is 13.0. The Balaban J connectivity index is 1.99. The van der Waals surface area contributed by atoms with Crippen molar-refractivity contribution >= 4 is 21.9 Å². The number of aromatic nitrogens is 2. The molecule has 1 heterocycles. The maximum atomic E-state index is 14.6. The Labute approximate surface area is 230 Å². The molecule has 0 saturated carbocycles. The summed E-state index contributed by atoms with van der Waals surface area (Å²) in [5.74, 6) is -1.46. The van der Waals surface area contributed by atoms with Crippen LogP contribution >= 0.6 is 15.9 Å². The third kappa shape index (κ3) is 7.45. The number of carbonyl (C=O) groups excluding carboxylic acids is 1. The number of nitrogens with one attached hydrogen (secondary N) is 1. The summed E-state index contributed by atoms with van der Waals surface area (Å²) < 4.78 is 62.1. The monoisotopic (exact) mass is 613 g/mol. The van der Waals surface area contributed by atoms with Gasteiger partial charge in [-0.1, -0.05) is 36.4 Å². The number of hydrogen-bond acceptors (Lipinski definition) is 5. The average molecular weight is 614 g/mol. The molecule has 3 aromatic rings. The van der Waals surface area contributed by atoms with Crippen molar-refractivity contribution in [3.05, 3.63) is 102 Å². The maximum Gasteiger partial charge on any atom is 0.416 e. The number of halogens is 5. The standard InChI is InChI=1S/C27H28BrF4N3O4/c1-3-39-23(36)13-8-14-33-22(18-9-5-4-6-10-18)16-35-25(37)24(28)17(2)34(26(35)38)15-19-20(27(30,31)32)11-7-12-21(19)29/h4-7,9-12,22,33H,3,8,13-16H2,1-2H3/t22-/m0/s1. The number of nitrogens with zero attached hydrogens (tertiary/aromatic N) is 2. The van der Waals surface area contributed by atoms with Crippen LogP contribution in [0.15, 0.2) is 62.6 Å². The largest absolute Gasteiger partial charge is 0.466 e. The Bertz CT molecular complexity index is 1420. The van der Waals surface area contributed by atoms with Gasteiger partial charge in [-0.25, -0.2) is 9.18 Å². The number of hydrogen-bond donors (Lipinski definition) is 1. The lowest BCUT2D eigenvalue weighted by atomic mass is 10.1. The second kappa shape index (κ2) is 13.2. The first kappa shape index (κ1) is 30.3. The zero-order chi connectivity index (χ0) is 28.7. The molecule has 0 fully saturated rings. The normalized spacial score (nSPS) is 12.4. The number of rotatable bonds is 11. The molecule has 0 saturated heterocycles. The van der Waals surface area contributed by atoms with Gasteiger partial charge < -0.3 is 10.1 Å². The Morgan fingerprint density at radius 1 is 1.08 bits per heavy atom. The quantitative estimate of drug-likeness (QED) is 0.188. The molecule has 1 aromatic heterocycles. The molecule has 7 nitrogen and oxygen atoms in total.